The first-order valence-electron chi connectivity index (χ1n) is 6.81. The molecule has 0 bridgehead atoms. The highest BCUT2D eigenvalue weighted by Crippen LogP contribution is 2.29. The second-order valence-electron chi connectivity index (χ2n) is 4.97. The molecule has 0 saturated heterocycles. The number of nitrogens with zero attached hydrogens (tertiary/aromatic N) is 3. The maximum absolute atomic E-state index is 12.3. The van der Waals surface area contributed by atoms with Gasteiger partial charge in [-0.15, -0.1) is 11.8 Å². The van der Waals surface area contributed by atoms with Crippen LogP contribution < -0.4 is 0 Å². The van der Waals surface area contributed by atoms with Gasteiger partial charge in [0.2, 0.25) is 0 Å². The van der Waals surface area contributed by atoms with Crippen molar-refractivity contribution in [3.63, 3.8) is 0 Å². The standard InChI is InChI=1S/C16H16F3N3S/c1-22(2)15(12-5-4-8-20-10-12)21-13-6-3-7-14(9-13)23-11-16(17,18)19/h3-10H,11H2,1-2H3/b21-15-. The second kappa shape index (κ2) is 7.50. The van der Waals surface area contributed by atoms with Crippen molar-refractivity contribution in [3.05, 3.63) is 54.4 Å². The van der Waals surface area contributed by atoms with Crippen molar-refractivity contribution in [2.75, 3.05) is 19.8 Å². The van der Waals surface area contributed by atoms with Crippen LogP contribution in [0.1, 0.15) is 5.56 Å². The maximum atomic E-state index is 12.3. The highest BCUT2D eigenvalue weighted by atomic mass is 32.2. The zero-order valence-corrected chi connectivity index (χ0v) is 13.5. The number of hydrogen-bond donors (Lipinski definition) is 0. The molecule has 0 amide bonds. The van der Waals surface area contributed by atoms with E-state index in [1.165, 1.54) is 0 Å². The molecule has 122 valence electrons. The molecule has 0 N–H and O–H groups in total. The van der Waals surface area contributed by atoms with E-state index < -0.39 is 11.9 Å². The van der Waals surface area contributed by atoms with Gasteiger partial charge in [-0.2, -0.15) is 13.2 Å². The van der Waals surface area contributed by atoms with Crippen LogP contribution in [0.2, 0.25) is 0 Å². The SMILES string of the molecule is CN(C)/C(=N\c1cccc(SCC(F)(F)F)c1)c1cccnc1. The Morgan fingerprint density at radius 3 is 2.61 bits per heavy atom. The van der Waals surface area contributed by atoms with Gasteiger partial charge < -0.3 is 4.90 Å². The van der Waals surface area contributed by atoms with E-state index in [0.29, 0.717) is 16.4 Å². The van der Waals surface area contributed by atoms with Gasteiger partial charge in [0.25, 0.3) is 0 Å². The predicted octanol–water partition coefficient (Wildman–Crippen LogP) is 4.38. The van der Waals surface area contributed by atoms with Crippen molar-refractivity contribution >= 4 is 23.3 Å². The fourth-order valence-electron chi connectivity index (χ4n) is 1.85. The zero-order chi connectivity index (χ0) is 16.9. The first-order chi connectivity index (χ1) is 10.8. The van der Waals surface area contributed by atoms with Crippen LogP contribution in [-0.4, -0.2) is 41.7 Å². The predicted molar refractivity (Wildman–Crippen MR) is 87.3 cm³/mol. The lowest BCUT2D eigenvalue weighted by Gasteiger charge is -2.16. The van der Waals surface area contributed by atoms with Crippen molar-refractivity contribution in [2.45, 2.75) is 11.1 Å². The van der Waals surface area contributed by atoms with Crippen molar-refractivity contribution in [2.24, 2.45) is 4.99 Å². The van der Waals surface area contributed by atoms with Crippen molar-refractivity contribution < 1.29 is 13.2 Å². The molecule has 0 aliphatic rings. The van der Waals surface area contributed by atoms with E-state index in [0.717, 1.165) is 17.3 Å². The summed E-state index contributed by atoms with van der Waals surface area (Å²) in [5, 5.41) is 0. The van der Waals surface area contributed by atoms with Gasteiger partial charge in [0.15, 0.2) is 0 Å². The molecule has 0 unspecified atom stereocenters. The molecule has 0 atom stereocenters. The molecule has 2 aromatic rings. The monoisotopic (exact) mass is 339 g/mol. The lowest BCUT2D eigenvalue weighted by molar-refractivity contribution is -0.105. The molecule has 0 aliphatic heterocycles. The Bertz CT molecular complexity index is 670. The molecule has 0 fully saturated rings. The van der Waals surface area contributed by atoms with Gasteiger partial charge >= 0.3 is 6.18 Å². The number of hydrogen-bond acceptors (Lipinski definition) is 3. The van der Waals surface area contributed by atoms with E-state index in [2.05, 4.69) is 9.98 Å². The molecule has 1 aromatic heterocycles. The molecular weight excluding hydrogens is 323 g/mol. The first-order valence-corrected chi connectivity index (χ1v) is 7.80. The third kappa shape index (κ3) is 5.59. The normalized spacial score (nSPS) is 12.3. The third-order valence-corrected chi connectivity index (χ3v) is 3.86. The van der Waals surface area contributed by atoms with Crippen LogP contribution in [0, 0.1) is 0 Å². The van der Waals surface area contributed by atoms with Crippen LogP contribution in [0.25, 0.3) is 0 Å². The lowest BCUT2D eigenvalue weighted by Crippen LogP contribution is -2.22. The summed E-state index contributed by atoms with van der Waals surface area (Å²) in [5.41, 5.74) is 1.44. The van der Waals surface area contributed by atoms with Gasteiger partial charge in [-0.25, -0.2) is 4.99 Å². The number of alkyl halides is 3. The Hall–Kier alpha value is -2.02. The lowest BCUT2D eigenvalue weighted by atomic mass is 10.2. The fraction of sp³-hybridized carbons (Fsp3) is 0.250. The van der Waals surface area contributed by atoms with Crippen LogP contribution in [0.15, 0.2) is 58.7 Å². The average Bonchev–Trinajstić information content (AvgIpc) is 2.51. The second-order valence-corrected chi connectivity index (χ2v) is 6.02. The van der Waals surface area contributed by atoms with Crippen LogP contribution in [-0.2, 0) is 0 Å². The number of halogens is 3. The summed E-state index contributed by atoms with van der Waals surface area (Å²) in [4.78, 5) is 11.0. The summed E-state index contributed by atoms with van der Waals surface area (Å²) in [6.45, 7) is 0. The molecular formula is C16H16F3N3S. The van der Waals surface area contributed by atoms with Crippen molar-refractivity contribution in [1.29, 1.82) is 0 Å². The summed E-state index contributed by atoms with van der Waals surface area (Å²) in [6, 6.07) is 10.5. The molecule has 0 saturated carbocycles. The summed E-state index contributed by atoms with van der Waals surface area (Å²) >= 11 is 0.753. The van der Waals surface area contributed by atoms with Crippen LogP contribution in [0.4, 0.5) is 18.9 Å². The minimum atomic E-state index is -4.19. The molecule has 1 aromatic carbocycles. The summed E-state index contributed by atoms with van der Waals surface area (Å²) in [6.07, 6.45) is -0.819. The first kappa shape index (κ1) is 17.3. The number of thioether (sulfide) groups is 1. The molecule has 2 rings (SSSR count). The van der Waals surface area contributed by atoms with Gasteiger partial charge in [-0.3, -0.25) is 4.98 Å². The van der Waals surface area contributed by atoms with Crippen LogP contribution in [0.5, 0.6) is 0 Å². The van der Waals surface area contributed by atoms with E-state index in [-0.39, 0.29) is 0 Å². The summed E-state index contributed by atoms with van der Waals surface area (Å²) in [7, 11) is 3.71. The van der Waals surface area contributed by atoms with Crippen LogP contribution >= 0.6 is 11.8 Å². The average molecular weight is 339 g/mol. The molecule has 0 aliphatic carbocycles. The van der Waals surface area contributed by atoms with E-state index in [1.54, 1.807) is 36.7 Å². The Morgan fingerprint density at radius 1 is 1.22 bits per heavy atom. The third-order valence-electron chi connectivity index (χ3n) is 2.80. The number of rotatable bonds is 4. The molecule has 7 heteroatoms. The largest absolute Gasteiger partial charge is 0.398 e. The van der Waals surface area contributed by atoms with E-state index in [9.17, 15) is 13.2 Å². The Kier molecular flexibility index (Phi) is 5.65. The van der Waals surface area contributed by atoms with Crippen LogP contribution in [0.3, 0.4) is 0 Å². The number of pyridine rings is 1. The van der Waals surface area contributed by atoms with E-state index >= 15 is 0 Å². The smallest absolute Gasteiger partial charge is 0.362 e. The maximum Gasteiger partial charge on any atom is 0.398 e. The summed E-state index contributed by atoms with van der Waals surface area (Å²) in [5.74, 6) is -0.223. The highest BCUT2D eigenvalue weighted by molar-refractivity contribution is 7.99. The molecule has 3 nitrogen and oxygen atoms in total. The fourth-order valence-corrected chi connectivity index (χ4v) is 2.56. The summed E-state index contributed by atoms with van der Waals surface area (Å²) < 4.78 is 37.0. The van der Waals surface area contributed by atoms with Gasteiger partial charge in [-0.05, 0) is 30.3 Å². The molecule has 1 heterocycles. The van der Waals surface area contributed by atoms with E-state index in [4.69, 9.17) is 0 Å². The number of amidine groups is 1. The topological polar surface area (TPSA) is 28.5 Å². The quantitative estimate of drug-likeness (QED) is 0.470. The number of aromatic nitrogens is 1. The molecule has 0 radical (unpaired) electrons. The Labute approximate surface area is 137 Å². The minimum Gasteiger partial charge on any atom is -0.362 e. The van der Waals surface area contributed by atoms with Gasteiger partial charge in [0.05, 0.1) is 11.4 Å². The molecule has 0 spiro atoms. The van der Waals surface area contributed by atoms with E-state index in [1.807, 2.05) is 31.1 Å². The number of benzene rings is 1. The van der Waals surface area contributed by atoms with Gasteiger partial charge in [0, 0.05) is 36.9 Å². The van der Waals surface area contributed by atoms with Crippen molar-refractivity contribution in [1.82, 2.24) is 9.88 Å². The number of aliphatic imine (C=N–C) groups is 1. The zero-order valence-electron chi connectivity index (χ0n) is 12.7. The molecule has 23 heavy (non-hydrogen) atoms. The highest BCUT2D eigenvalue weighted by Gasteiger charge is 2.27. The Morgan fingerprint density at radius 2 is 2.00 bits per heavy atom. The minimum absolute atomic E-state index is 0.535. The Balaban J connectivity index is 2.26. The van der Waals surface area contributed by atoms with Gasteiger partial charge in [0.1, 0.15) is 5.84 Å². The van der Waals surface area contributed by atoms with Crippen molar-refractivity contribution in [3.8, 4) is 0 Å². The van der Waals surface area contributed by atoms with Gasteiger partial charge in [-0.1, -0.05) is 6.07 Å².